The van der Waals surface area contributed by atoms with Crippen LogP contribution in [0.25, 0.3) is 11.5 Å². The largest absolute Gasteiger partial charge is 0.493 e. The first-order valence-electron chi connectivity index (χ1n) is 9.62. The molecule has 0 N–H and O–H groups in total. The molecule has 7 heteroatoms. The molecule has 0 saturated heterocycles. The van der Waals surface area contributed by atoms with Crippen molar-refractivity contribution in [1.82, 2.24) is 10.2 Å². The van der Waals surface area contributed by atoms with Crippen LogP contribution in [0.5, 0.6) is 11.5 Å². The van der Waals surface area contributed by atoms with E-state index in [1.807, 2.05) is 60.7 Å². The Hall–Kier alpha value is -4.13. The second kappa shape index (κ2) is 9.58. The molecule has 0 spiro atoms. The van der Waals surface area contributed by atoms with Crippen LogP contribution in [0.2, 0.25) is 0 Å². The molecule has 0 amide bonds. The van der Waals surface area contributed by atoms with Crippen molar-refractivity contribution in [2.24, 2.45) is 0 Å². The van der Waals surface area contributed by atoms with E-state index in [1.54, 1.807) is 18.2 Å². The molecule has 0 saturated carbocycles. The maximum Gasteiger partial charge on any atom is 0.338 e. The second-order valence-electron chi connectivity index (χ2n) is 6.58. The molecule has 0 aliphatic rings. The minimum Gasteiger partial charge on any atom is -0.493 e. The molecule has 0 aliphatic carbocycles. The van der Waals surface area contributed by atoms with Gasteiger partial charge in [-0.25, -0.2) is 4.79 Å². The van der Waals surface area contributed by atoms with Crippen LogP contribution in [-0.2, 0) is 18.0 Å². The number of rotatable bonds is 8. The van der Waals surface area contributed by atoms with Gasteiger partial charge in [0.2, 0.25) is 5.89 Å². The Morgan fingerprint density at radius 3 is 2.35 bits per heavy atom. The first-order valence-corrected chi connectivity index (χ1v) is 9.62. The highest BCUT2D eigenvalue weighted by atomic mass is 16.5. The highest BCUT2D eigenvalue weighted by molar-refractivity contribution is 5.90. The van der Waals surface area contributed by atoms with E-state index in [0.29, 0.717) is 29.6 Å². The van der Waals surface area contributed by atoms with Crippen molar-refractivity contribution in [3.8, 4) is 23.0 Å². The SMILES string of the molecule is COc1cc(C(=O)OCc2nnc(-c3ccccc3)o2)ccc1OCc1ccccc1. The highest BCUT2D eigenvalue weighted by Gasteiger charge is 2.15. The van der Waals surface area contributed by atoms with Crippen molar-refractivity contribution in [2.45, 2.75) is 13.2 Å². The normalized spacial score (nSPS) is 10.5. The average molecular weight is 416 g/mol. The fourth-order valence-electron chi connectivity index (χ4n) is 2.87. The summed E-state index contributed by atoms with van der Waals surface area (Å²) in [6, 6.07) is 24.0. The van der Waals surface area contributed by atoms with Gasteiger partial charge in [0.05, 0.1) is 12.7 Å². The molecule has 1 heterocycles. The van der Waals surface area contributed by atoms with Crippen molar-refractivity contribution in [2.75, 3.05) is 7.11 Å². The molecule has 31 heavy (non-hydrogen) atoms. The second-order valence-corrected chi connectivity index (χ2v) is 6.58. The minimum atomic E-state index is -0.535. The van der Waals surface area contributed by atoms with E-state index in [4.69, 9.17) is 18.6 Å². The minimum absolute atomic E-state index is 0.132. The zero-order valence-corrected chi connectivity index (χ0v) is 16.9. The van der Waals surface area contributed by atoms with Gasteiger partial charge in [-0.05, 0) is 35.9 Å². The Bertz CT molecular complexity index is 1140. The Kier molecular flexibility index (Phi) is 6.23. The van der Waals surface area contributed by atoms with Crippen LogP contribution in [0.4, 0.5) is 0 Å². The Morgan fingerprint density at radius 2 is 1.61 bits per heavy atom. The molecule has 0 fully saturated rings. The molecule has 1 aromatic heterocycles. The molecule has 0 unspecified atom stereocenters. The number of nitrogens with zero attached hydrogens (tertiary/aromatic N) is 2. The van der Waals surface area contributed by atoms with Crippen molar-refractivity contribution in [1.29, 1.82) is 0 Å². The average Bonchev–Trinajstić information content (AvgIpc) is 3.31. The number of carbonyl (C=O) groups excluding carboxylic acids is 1. The number of benzene rings is 3. The molecule has 0 aliphatic heterocycles. The van der Waals surface area contributed by atoms with Gasteiger partial charge in [0, 0.05) is 5.56 Å². The molecule has 3 aromatic carbocycles. The lowest BCUT2D eigenvalue weighted by Crippen LogP contribution is -2.06. The van der Waals surface area contributed by atoms with Gasteiger partial charge in [-0.2, -0.15) is 0 Å². The van der Waals surface area contributed by atoms with Crippen LogP contribution >= 0.6 is 0 Å². The van der Waals surface area contributed by atoms with Gasteiger partial charge >= 0.3 is 5.97 Å². The first-order chi connectivity index (χ1) is 15.2. The smallest absolute Gasteiger partial charge is 0.338 e. The van der Waals surface area contributed by atoms with Crippen molar-refractivity contribution in [3.63, 3.8) is 0 Å². The van der Waals surface area contributed by atoms with Crippen LogP contribution in [0.3, 0.4) is 0 Å². The van der Waals surface area contributed by atoms with Gasteiger partial charge in [0.25, 0.3) is 5.89 Å². The van der Waals surface area contributed by atoms with E-state index in [-0.39, 0.29) is 12.5 Å². The summed E-state index contributed by atoms with van der Waals surface area (Å²) in [5.41, 5.74) is 2.15. The zero-order chi connectivity index (χ0) is 21.5. The molecular weight excluding hydrogens is 396 g/mol. The molecule has 4 aromatic rings. The molecule has 0 radical (unpaired) electrons. The number of esters is 1. The summed E-state index contributed by atoms with van der Waals surface area (Å²) in [4.78, 5) is 12.4. The lowest BCUT2D eigenvalue weighted by atomic mass is 10.2. The molecule has 156 valence electrons. The van der Waals surface area contributed by atoms with E-state index in [9.17, 15) is 4.79 Å². The first kappa shape index (κ1) is 20.2. The van der Waals surface area contributed by atoms with E-state index in [1.165, 1.54) is 7.11 Å². The molecule has 7 nitrogen and oxygen atoms in total. The number of methoxy groups -OCH3 is 1. The third-order valence-corrected chi connectivity index (χ3v) is 4.45. The monoisotopic (exact) mass is 416 g/mol. The summed E-state index contributed by atoms with van der Waals surface area (Å²) in [5, 5.41) is 7.90. The van der Waals surface area contributed by atoms with Crippen LogP contribution in [-0.4, -0.2) is 23.3 Å². The highest BCUT2D eigenvalue weighted by Crippen LogP contribution is 2.29. The number of aromatic nitrogens is 2. The summed E-state index contributed by atoms with van der Waals surface area (Å²) in [6.45, 7) is 0.259. The zero-order valence-electron chi connectivity index (χ0n) is 16.9. The van der Waals surface area contributed by atoms with E-state index >= 15 is 0 Å². The fraction of sp³-hybridized carbons (Fsp3) is 0.125. The third kappa shape index (κ3) is 5.08. The van der Waals surface area contributed by atoms with Gasteiger partial charge in [-0.3, -0.25) is 0 Å². The molecule has 0 atom stereocenters. The Morgan fingerprint density at radius 1 is 0.871 bits per heavy atom. The Labute approximate surface area is 179 Å². The van der Waals surface area contributed by atoms with Crippen molar-refractivity contribution in [3.05, 3.63) is 95.9 Å². The maximum atomic E-state index is 12.4. The van der Waals surface area contributed by atoms with E-state index in [2.05, 4.69) is 10.2 Å². The lowest BCUT2D eigenvalue weighted by molar-refractivity contribution is 0.0438. The van der Waals surface area contributed by atoms with Crippen LogP contribution in [0.1, 0.15) is 21.8 Å². The molecule has 0 bridgehead atoms. The number of carbonyl (C=O) groups is 1. The number of hydrogen-bond donors (Lipinski definition) is 0. The number of ether oxygens (including phenoxy) is 3. The lowest BCUT2D eigenvalue weighted by Gasteiger charge is -2.12. The van der Waals surface area contributed by atoms with Crippen LogP contribution in [0.15, 0.2) is 83.3 Å². The van der Waals surface area contributed by atoms with E-state index < -0.39 is 5.97 Å². The van der Waals surface area contributed by atoms with Crippen molar-refractivity contribution < 1.29 is 23.4 Å². The number of hydrogen-bond acceptors (Lipinski definition) is 7. The Balaban J connectivity index is 1.38. The standard InChI is InChI=1S/C24H20N2O5/c1-28-21-14-19(12-13-20(21)29-15-17-8-4-2-5-9-17)24(27)30-16-22-25-26-23(31-22)18-10-6-3-7-11-18/h2-14H,15-16H2,1H3. The van der Waals surface area contributed by atoms with Gasteiger partial charge in [-0.15, -0.1) is 10.2 Å². The summed E-state index contributed by atoms with van der Waals surface area (Å²) < 4.78 is 22.0. The van der Waals surface area contributed by atoms with Crippen molar-refractivity contribution >= 4 is 5.97 Å². The van der Waals surface area contributed by atoms with E-state index in [0.717, 1.165) is 11.1 Å². The van der Waals surface area contributed by atoms with Gasteiger partial charge in [0.1, 0.15) is 6.61 Å². The van der Waals surface area contributed by atoms with Gasteiger partial charge in [-0.1, -0.05) is 48.5 Å². The third-order valence-electron chi connectivity index (χ3n) is 4.45. The predicted molar refractivity (Wildman–Crippen MR) is 113 cm³/mol. The van der Waals surface area contributed by atoms with Crippen LogP contribution < -0.4 is 9.47 Å². The van der Waals surface area contributed by atoms with Crippen LogP contribution in [0, 0.1) is 0 Å². The summed E-state index contributed by atoms with van der Waals surface area (Å²) in [5.74, 6) is 1.02. The quantitative estimate of drug-likeness (QED) is 0.386. The molecule has 4 rings (SSSR count). The van der Waals surface area contributed by atoms with Gasteiger partial charge in [0.15, 0.2) is 18.1 Å². The summed E-state index contributed by atoms with van der Waals surface area (Å²) in [7, 11) is 1.52. The topological polar surface area (TPSA) is 83.7 Å². The fourth-order valence-corrected chi connectivity index (χ4v) is 2.87. The van der Waals surface area contributed by atoms with Gasteiger partial charge < -0.3 is 18.6 Å². The molecular formula is C24H20N2O5. The maximum absolute atomic E-state index is 12.4. The summed E-state index contributed by atoms with van der Waals surface area (Å²) in [6.07, 6.45) is 0. The summed E-state index contributed by atoms with van der Waals surface area (Å²) >= 11 is 0. The predicted octanol–water partition coefficient (Wildman–Crippen LogP) is 4.68.